The summed E-state index contributed by atoms with van der Waals surface area (Å²) in [7, 11) is 0. The molecule has 1 amide bonds. The van der Waals surface area contributed by atoms with Gasteiger partial charge in [0.25, 0.3) is 11.6 Å². The van der Waals surface area contributed by atoms with E-state index >= 15 is 0 Å². The largest absolute Gasteiger partial charge is 0.337 e. The lowest BCUT2D eigenvalue weighted by Crippen LogP contribution is -2.49. The van der Waals surface area contributed by atoms with Gasteiger partial charge in [0.15, 0.2) is 0 Å². The maximum Gasteiger partial charge on any atom is 0.282 e. The second kappa shape index (κ2) is 5.54. The first-order valence-electron chi connectivity index (χ1n) is 6.39. The summed E-state index contributed by atoms with van der Waals surface area (Å²) in [6.07, 6.45) is 0.732. The van der Waals surface area contributed by atoms with Crippen LogP contribution in [-0.2, 0) is 0 Å². The summed E-state index contributed by atoms with van der Waals surface area (Å²) in [6, 6.07) is 2.72. The Morgan fingerprint density at radius 2 is 2.25 bits per heavy atom. The van der Waals surface area contributed by atoms with E-state index in [2.05, 4.69) is 0 Å². The van der Waals surface area contributed by atoms with Gasteiger partial charge >= 0.3 is 0 Å². The number of hydrogen-bond acceptors (Lipinski definition) is 4. The molecule has 108 valence electrons. The molecule has 1 aliphatic heterocycles. The lowest BCUT2D eigenvalue weighted by molar-refractivity contribution is -0.385. The molecule has 0 saturated carbocycles. The van der Waals surface area contributed by atoms with E-state index in [0.29, 0.717) is 19.0 Å². The molecular formula is C13H16FN3O3. The number of piperidine rings is 1. The van der Waals surface area contributed by atoms with E-state index < -0.39 is 16.6 Å². The van der Waals surface area contributed by atoms with Crippen LogP contribution in [0.5, 0.6) is 0 Å². The lowest BCUT2D eigenvalue weighted by atomic mass is 9.94. The quantitative estimate of drug-likeness (QED) is 0.657. The molecule has 0 aliphatic carbocycles. The molecular weight excluding hydrogens is 265 g/mol. The van der Waals surface area contributed by atoms with Crippen LogP contribution < -0.4 is 5.73 Å². The lowest BCUT2D eigenvalue weighted by Gasteiger charge is -2.35. The number of halogens is 1. The van der Waals surface area contributed by atoms with E-state index in [9.17, 15) is 19.3 Å². The summed E-state index contributed by atoms with van der Waals surface area (Å²) in [5.41, 5.74) is 5.30. The molecule has 6 nitrogen and oxygen atoms in total. The van der Waals surface area contributed by atoms with Gasteiger partial charge in [0, 0.05) is 25.2 Å². The molecule has 20 heavy (non-hydrogen) atoms. The average molecular weight is 281 g/mol. The minimum Gasteiger partial charge on any atom is -0.337 e. The first-order chi connectivity index (χ1) is 9.40. The second-order valence-electron chi connectivity index (χ2n) is 5.10. The first-order valence-corrected chi connectivity index (χ1v) is 6.39. The molecule has 1 fully saturated rings. The number of carbonyl (C=O) groups excluding carboxylic acids is 1. The smallest absolute Gasteiger partial charge is 0.282 e. The molecule has 0 bridgehead atoms. The number of nitrogens with zero attached hydrogens (tertiary/aromatic N) is 2. The maximum atomic E-state index is 13.3. The van der Waals surface area contributed by atoms with Crippen LogP contribution in [0, 0.1) is 21.8 Å². The van der Waals surface area contributed by atoms with Gasteiger partial charge in [-0.3, -0.25) is 14.9 Å². The summed E-state index contributed by atoms with van der Waals surface area (Å²) < 4.78 is 13.3. The van der Waals surface area contributed by atoms with Gasteiger partial charge in [-0.1, -0.05) is 6.92 Å². The van der Waals surface area contributed by atoms with Gasteiger partial charge < -0.3 is 10.6 Å². The molecule has 2 rings (SSSR count). The SMILES string of the molecule is CC1CCN(C(=O)c2cc(F)ccc2[N+](=O)[O-])CC1N. The van der Waals surface area contributed by atoms with Gasteiger partial charge in [0.1, 0.15) is 11.4 Å². The van der Waals surface area contributed by atoms with Crippen molar-refractivity contribution in [2.45, 2.75) is 19.4 Å². The molecule has 1 heterocycles. The van der Waals surface area contributed by atoms with Gasteiger partial charge in [-0.2, -0.15) is 0 Å². The highest BCUT2D eigenvalue weighted by molar-refractivity contribution is 5.98. The monoisotopic (exact) mass is 281 g/mol. The third kappa shape index (κ3) is 2.77. The van der Waals surface area contributed by atoms with E-state index in [4.69, 9.17) is 5.73 Å². The molecule has 1 saturated heterocycles. The Labute approximate surface area is 115 Å². The molecule has 7 heteroatoms. The van der Waals surface area contributed by atoms with Crippen molar-refractivity contribution in [3.05, 3.63) is 39.7 Å². The Morgan fingerprint density at radius 1 is 1.55 bits per heavy atom. The van der Waals surface area contributed by atoms with E-state index in [0.717, 1.165) is 24.6 Å². The Hall–Kier alpha value is -2.02. The van der Waals surface area contributed by atoms with Crippen molar-refractivity contribution in [2.75, 3.05) is 13.1 Å². The van der Waals surface area contributed by atoms with Gasteiger partial charge in [0.2, 0.25) is 0 Å². The number of amides is 1. The average Bonchev–Trinajstić information content (AvgIpc) is 2.40. The molecule has 1 aromatic carbocycles. The van der Waals surface area contributed by atoms with Crippen LogP contribution >= 0.6 is 0 Å². The van der Waals surface area contributed by atoms with Gasteiger partial charge in [-0.25, -0.2) is 4.39 Å². The Morgan fingerprint density at radius 3 is 2.85 bits per heavy atom. The van der Waals surface area contributed by atoms with Crippen molar-refractivity contribution in [1.29, 1.82) is 0 Å². The van der Waals surface area contributed by atoms with Crippen LogP contribution in [0.15, 0.2) is 18.2 Å². The molecule has 2 N–H and O–H groups in total. The number of benzene rings is 1. The topological polar surface area (TPSA) is 89.5 Å². The summed E-state index contributed by atoms with van der Waals surface area (Å²) >= 11 is 0. The fourth-order valence-electron chi connectivity index (χ4n) is 2.29. The van der Waals surface area contributed by atoms with Crippen LogP contribution in [0.4, 0.5) is 10.1 Å². The fourth-order valence-corrected chi connectivity index (χ4v) is 2.29. The van der Waals surface area contributed by atoms with E-state index in [1.165, 1.54) is 4.90 Å². The van der Waals surface area contributed by atoms with Crippen molar-refractivity contribution < 1.29 is 14.1 Å². The van der Waals surface area contributed by atoms with Crippen LogP contribution in [0.3, 0.4) is 0 Å². The van der Waals surface area contributed by atoms with Crippen LogP contribution in [0.2, 0.25) is 0 Å². The standard InChI is InChI=1S/C13H16FN3O3/c1-8-4-5-16(7-11(8)15)13(18)10-6-9(14)2-3-12(10)17(19)20/h2-3,6,8,11H,4-5,7,15H2,1H3. The number of nitrogens with two attached hydrogens (primary N) is 1. The van der Waals surface area contributed by atoms with Crippen molar-refractivity contribution in [2.24, 2.45) is 11.7 Å². The highest BCUT2D eigenvalue weighted by atomic mass is 19.1. The highest BCUT2D eigenvalue weighted by Crippen LogP contribution is 2.24. The number of rotatable bonds is 2. The maximum absolute atomic E-state index is 13.3. The molecule has 2 atom stereocenters. The van der Waals surface area contributed by atoms with Gasteiger partial charge in [-0.15, -0.1) is 0 Å². The normalized spacial score (nSPS) is 22.6. The van der Waals surface area contributed by atoms with Crippen LogP contribution in [-0.4, -0.2) is 34.9 Å². The number of likely N-dealkylation sites (tertiary alicyclic amines) is 1. The molecule has 1 aromatic rings. The van der Waals surface area contributed by atoms with Crippen LogP contribution in [0.25, 0.3) is 0 Å². The van der Waals surface area contributed by atoms with Crippen LogP contribution in [0.1, 0.15) is 23.7 Å². The van der Waals surface area contributed by atoms with Gasteiger partial charge in [-0.05, 0) is 24.5 Å². The molecule has 2 unspecified atom stereocenters. The number of nitro benzene ring substituents is 1. The fraction of sp³-hybridized carbons (Fsp3) is 0.462. The minimum atomic E-state index is -0.681. The number of carbonyl (C=O) groups is 1. The molecule has 0 aromatic heterocycles. The Bertz CT molecular complexity index is 550. The third-order valence-electron chi connectivity index (χ3n) is 3.69. The Balaban J connectivity index is 2.29. The molecule has 1 aliphatic rings. The number of nitro groups is 1. The second-order valence-corrected chi connectivity index (χ2v) is 5.10. The van der Waals surface area contributed by atoms with E-state index in [1.807, 2.05) is 6.92 Å². The minimum absolute atomic E-state index is 0.166. The summed E-state index contributed by atoms with van der Waals surface area (Å²) in [5, 5.41) is 10.9. The zero-order valence-electron chi connectivity index (χ0n) is 11.1. The van der Waals surface area contributed by atoms with E-state index in [-0.39, 0.29) is 17.3 Å². The van der Waals surface area contributed by atoms with Gasteiger partial charge in [0.05, 0.1) is 4.92 Å². The highest BCUT2D eigenvalue weighted by Gasteiger charge is 2.30. The summed E-state index contributed by atoms with van der Waals surface area (Å²) in [4.78, 5) is 24.0. The predicted molar refractivity (Wildman–Crippen MR) is 70.7 cm³/mol. The molecule has 0 radical (unpaired) electrons. The Kier molecular flexibility index (Phi) is 3.99. The number of hydrogen-bond donors (Lipinski definition) is 1. The summed E-state index contributed by atoms with van der Waals surface area (Å²) in [5.74, 6) is -0.922. The zero-order valence-corrected chi connectivity index (χ0v) is 11.1. The van der Waals surface area contributed by atoms with Crippen molar-refractivity contribution >= 4 is 11.6 Å². The molecule has 0 spiro atoms. The zero-order chi connectivity index (χ0) is 14.9. The summed E-state index contributed by atoms with van der Waals surface area (Å²) in [6.45, 7) is 2.80. The third-order valence-corrected chi connectivity index (χ3v) is 3.69. The first kappa shape index (κ1) is 14.4. The van der Waals surface area contributed by atoms with Crippen molar-refractivity contribution in [3.63, 3.8) is 0 Å². The van der Waals surface area contributed by atoms with Crippen molar-refractivity contribution in [3.8, 4) is 0 Å². The van der Waals surface area contributed by atoms with E-state index in [1.54, 1.807) is 0 Å². The van der Waals surface area contributed by atoms with Crippen molar-refractivity contribution in [1.82, 2.24) is 4.90 Å². The predicted octanol–water partition coefficient (Wildman–Crippen LogP) is 1.54.